The van der Waals surface area contributed by atoms with Gasteiger partial charge in [0.1, 0.15) is 11.6 Å². The molecule has 0 amide bonds. The zero-order chi connectivity index (χ0) is 11.2. The minimum Gasteiger partial charge on any atom is -0.239 e. The molecule has 0 saturated heterocycles. The van der Waals surface area contributed by atoms with Gasteiger partial charge in [0.15, 0.2) is 6.17 Å². The van der Waals surface area contributed by atoms with Crippen LogP contribution in [-0.4, -0.2) is 6.17 Å². The van der Waals surface area contributed by atoms with Crippen molar-refractivity contribution in [2.75, 3.05) is 0 Å². The van der Waals surface area contributed by atoms with E-state index in [9.17, 15) is 13.2 Å². The minimum atomic E-state index is -1.73. The van der Waals surface area contributed by atoms with Crippen LogP contribution in [0.2, 0.25) is 0 Å². The summed E-state index contributed by atoms with van der Waals surface area (Å²) in [4.78, 5) is 0. The fourth-order valence-electron chi connectivity index (χ4n) is 1.81. The molecule has 0 N–H and O–H groups in total. The van der Waals surface area contributed by atoms with Gasteiger partial charge in [0.25, 0.3) is 0 Å². The van der Waals surface area contributed by atoms with Crippen molar-refractivity contribution in [2.45, 2.75) is 20.0 Å². The van der Waals surface area contributed by atoms with Gasteiger partial charge < -0.3 is 0 Å². The average Bonchev–Trinajstić information content (AvgIpc) is 2.20. The van der Waals surface area contributed by atoms with Crippen LogP contribution in [0.3, 0.4) is 0 Å². The number of benzene rings is 1. The Bertz CT molecular complexity index is 516. The molecule has 0 aromatic heterocycles. The third-order valence-electron chi connectivity index (χ3n) is 2.75. The summed E-state index contributed by atoms with van der Waals surface area (Å²) in [5, 5.41) is 0.234. The van der Waals surface area contributed by atoms with Gasteiger partial charge in [0.2, 0.25) is 0 Å². The largest absolute Gasteiger partial charge is 0.239 e. The second-order valence-corrected chi connectivity index (χ2v) is 3.94. The fourth-order valence-corrected chi connectivity index (χ4v) is 1.81. The lowest BCUT2D eigenvalue weighted by atomic mass is 9.95. The molecule has 3 heteroatoms. The molecule has 1 aromatic carbocycles. The van der Waals surface area contributed by atoms with Gasteiger partial charge in [0, 0.05) is 5.92 Å². The highest BCUT2D eigenvalue weighted by Gasteiger charge is 2.25. The van der Waals surface area contributed by atoms with Gasteiger partial charge in [-0.2, -0.15) is 0 Å². The van der Waals surface area contributed by atoms with E-state index >= 15 is 0 Å². The zero-order valence-corrected chi connectivity index (χ0v) is 8.52. The van der Waals surface area contributed by atoms with Gasteiger partial charge in [-0.1, -0.05) is 25.1 Å². The van der Waals surface area contributed by atoms with Gasteiger partial charge in [-0.05, 0) is 17.7 Å². The first-order valence-electron chi connectivity index (χ1n) is 4.83. The Kier molecular flexibility index (Phi) is 2.33. The van der Waals surface area contributed by atoms with Crippen molar-refractivity contribution in [3.63, 3.8) is 0 Å². The lowest BCUT2D eigenvalue weighted by molar-refractivity contribution is 0.322. The molecule has 0 radical (unpaired) electrons. The SMILES string of the molecule is Cc1ccc2c(c1F)=C(F)C(F)C(C)C=2. The van der Waals surface area contributed by atoms with E-state index in [2.05, 4.69) is 0 Å². The average molecular weight is 212 g/mol. The molecule has 0 aliphatic heterocycles. The number of hydrogen-bond acceptors (Lipinski definition) is 0. The fraction of sp³-hybridized carbons (Fsp3) is 0.333. The topological polar surface area (TPSA) is 0 Å². The van der Waals surface area contributed by atoms with Crippen LogP contribution in [0.1, 0.15) is 12.5 Å². The first-order valence-corrected chi connectivity index (χ1v) is 4.83. The molecule has 0 nitrogen and oxygen atoms in total. The summed E-state index contributed by atoms with van der Waals surface area (Å²) >= 11 is 0. The lowest BCUT2D eigenvalue weighted by Gasteiger charge is -2.16. The summed E-state index contributed by atoms with van der Waals surface area (Å²) in [5.74, 6) is -2.18. The van der Waals surface area contributed by atoms with Crippen molar-refractivity contribution in [1.82, 2.24) is 0 Å². The minimum absolute atomic E-state index is 0.208. The van der Waals surface area contributed by atoms with Crippen molar-refractivity contribution in [1.29, 1.82) is 0 Å². The summed E-state index contributed by atoms with van der Waals surface area (Å²) in [6, 6.07) is 3.19. The maximum absolute atomic E-state index is 13.6. The molecule has 1 aliphatic carbocycles. The number of fused-ring (bicyclic) bond motifs is 1. The zero-order valence-electron chi connectivity index (χ0n) is 8.52. The van der Waals surface area contributed by atoms with Crippen LogP contribution in [0, 0.1) is 18.7 Å². The first-order chi connectivity index (χ1) is 7.02. The van der Waals surface area contributed by atoms with Crippen LogP contribution in [0.15, 0.2) is 12.1 Å². The Morgan fingerprint density at radius 1 is 1.20 bits per heavy atom. The maximum Gasteiger partial charge on any atom is 0.158 e. The predicted molar refractivity (Wildman–Crippen MR) is 53.4 cm³/mol. The van der Waals surface area contributed by atoms with Crippen molar-refractivity contribution in [3.8, 4) is 0 Å². The van der Waals surface area contributed by atoms with Crippen LogP contribution in [0.5, 0.6) is 0 Å². The normalized spacial score (nSPS) is 24.7. The smallest absolute Gasteiger partial charge is 0.158 e. The van der Waals surface area contributed by atoms with E-state index in [0.717, 1.165) is 0 Å². The molecular weight excluding hydrogens is 201 g/mol. The molecule has 1 aliphatic rings. The van der Waals surface area contributed by atoms with E-state index in [-0.39, 0.29) is 5.22 Å². The molecular formula is C12H11F3. The molecule has 0 bridgehead atoms. The number of hydrogen-bond donors (Lipinski definition) is 0. The Balaban J connectivity index is 2.92. The van der Waals surface area contributed by atoms with Crippen molar-refractivity contribution in [3.05, 3.63) is 34.0 Å². The summed E-state index contributed by atoms with van der Waals surface area (Å²) in [6.45, 7) is 3.11. The Hall–Kier alpha value is -1.25. The molecule has 0 spiro atoms. The summed E-state index contributed by atoms with van der Waals surface area (Å²) in [5.41, 5.74) is 0.332. The standard InChI is InChI=1S/C12H11F3/c1-6-3-4-8-5-7(2)11(14)12(15)9(8)10(6)13/h3-5,7,11H,1-2H3. The van der Waals surface area contributed by atoms with E-state index in [4.69, 9.17) is 0 Å². The van der Waals surface area contributed by atoms with E-state index < -0.39 is 23.7 Å². The Morgan fingerprint density at radius 2 is 1.87 bits per heavy atom. The molecule has 0 saturated carbocycles. The number of alkyl halides is 1. The summed E-state index contributed by atoms with van der Waals surface area (Å²) < 4.78 is 40.5. The Labute approximate surface area is 85.7 Å². The van der Waals surface area contributed by atoms with E-state index in [1.165, 1.54) is 6.92 Å². The number of halogens is 3. The number of rotatable bonds is 0. The molecule has 15 heavy (non-hydrogen) atoms. The van der Waals surface area contributed by atoms with Gasteiger partial charge in [-0.25, -0.2) is 13.2 Å². The van der Waals surface area contributed by atoms with E-state index in [1.54, 1.807) is 25.1 Å². The quantitative estimate of drug-likeness (QED) is 0.617. The third-order valence-corrected chi connectivity index (χ3v) is 2.75. The van der Waals surface area contributed by atoms with Crippen molar-refractivity contribution >= 4 is 11.9 Å². The number of aryl methyl sites for hydroxylation is 1. The van der Waals surface area contributed by atoms with Crippen molar-refractivity contribution < 1.29 is 13.2 Å². The molecule has 1 aromatic rings. The van der Waals surface area contributed by atoms with Crippen LogP contribution in [0.25, 0.3) is 11.9 Å². The third kappa shape index (κ3) is 1.46. The second-order valence-electron chi connectivity index (χ2n) is 3.94. The van der Waals surface area contributed by atoms with Crippen LogP contribution in [-0.2, 0) is 0 Å². The van der Waals surface area contributed by atoms with Crippen LogP contribution < -0.4 is 10.4 Å². The van der Waals surface area contributed by atoms with Gasteiger partial charge >= 0.3 is 0 Å². The summed E-state index contributed by atoms with van der Waals surface area (Å²) in [7, 11) is 0. The van der Waals surface area contributed by atoms with Crippen LogP contribution in [0.4, 0.5) is 13.2 Å². The van der Waals surface area contributed by atoms with Gasteiger partial charge in [0.05, 0.1) is 5.22 Å². The highest BCUT2D eigenvalue weighted by molar-refractivity contribution is 5.52. The van der Waals surface area contributed by atoms with Crippen LogP contribution >= 0.6 is 0 Å². The highest BCUT2D eigenvalue weighted by Crippen LogP contribution is 2.21. The van der Waals surface area contributed by atoms with Gasteiger partial charge in [-0.15, -0.1) is 0 Å². The van der Waals surface area contributed by atoms with Crippen molar-refractivity contribution in [2.24, 2.45) is 5.92 Å². The lowest BCUT2D eigenvalue weighted by Crippen LogP contribution is -2.38. The Morgan fingerprint density at radius 3 is 2.53 bits per heavy atom. The van der Waals surface area contributed by atoms with Gasteiger partial charge in [-0.3, -0.25) is 0 Å². The molecule has 0 fully saturated rings. The maximum atomic E-state index is 13.6. The molecule has 2 atom stereocenters. The monoisotopic (exact) mass is 212 g/mol. The molecule has 0 heterocycles. The second kappa shape index (κ2) is 3.40. The van der Waals surface area contributed by atoms with E-state index in [1.807, 2.05) is 0 Å². The highest BCUT2D eigenvalue weighted by atomic mass is 19.2. The molecule has 2 rings (SSSR count). The first kappa shape index (κ1) is 10.3. The predicted octanol–water partition coefficient (Wildman–Crippen LogP) is 1.98. The summed E-state index contributed by atoms with van der Waals surface area (Å²) in [6.07, 6.45) is -0.167. The molecule has 80 valence electrons. The van der Waals surface area contributed by atoms with E-state index in [0.29, 0.717) is 10.8 Å². The molecule has 2 unspecified atom stereocenters.